The van der Waals surface area contributed by atoms with Gasteiger partial charge in [0.05, 0.1) is 11.2 Å². The van der Waals surface area contributed by atoms with Gasteiger partial charge < -0.3 is 9.31 Å². The minimum Gasteiger partial charge on any atom is -0.399 e. The molecule has 188 valence electrons. The smallest absolute Gasteiger partial charge is 0.399 e. The number of hydrogen-bond donors (Lipinski definition) is 0. The first kappa shape index (κ1) is 24.7. The molecule has 0 N–H and O–H groups in total. The Balaban J connectivity index is 1.52. The first-order valence-electron chi connectivity index (χ1n) is 13.4. The van der Waals surface area contributed by atoms with E-state index in [9.17, 15) is 0 Å². The SMILES string of the molecule is C=C/C=c1\c(=C/Cc2ccc(B3OC(C)(C)C(C)(C)O3)c3ccccc23)c2ccccc2c2ccccc12. The summed E-state index contributed by atoms with van der Waals surface area (Å²) in [6, 6.07) is 30.4. The monoisotopic (exact) mass is 496 g/mol. The fraction of sp³-hybridized carbons (Fsp3) is 0.200. The highest BCUT2D eigenvalue weighted by molar-refractivity contribution is 6.65. The maximum atomic E-state index is 6.42. The molecule has 2 nitrogen and oxygen atoms in total. The van der Waals surface area contributed by atoms with Gasteiger partial charge in [-0.1, -0.05) is 110 Å². The minimum atomic E-state index is -0.388. The Kier molecular flexibility index (Phi) is 6.02. The van der Waals surface area contributed by atoms with Crippen molar-refractivity contribution in [2.75, 3.05) is 0 Å². The summed E-state index contributed by atoms with van der Waals surface area (Å²) in [6.45, 7) is 12.4. The average Bonchev–Trinajstić information content (AvgIpc) is 3.14. The third-order valence-corrected chi connectivity index (χ3v) is 8.38. The Morgan fingerprint density at radius 3 is 1.71 bits per heavy atom. The zero-order chi connectivity index (χ0) is 26.5. The van der Waals surface area contributed by atoms with Crippen molar-refractivity contribution in [3.63, 3.8) is 0 Å². The molecule has 3 heteroatoms. The van der Waals surface area contributed by atoms with E-state index in [1.807, 2.05) is 6.08 Å². The normalized spacial score (nSPS) is 17.6. The Hall–Kier alpha value is -3.66. The Labute approximate surface area is 225 Å². The van der Waals surface area contributed by atoms with E-state index < -0.39 is 0 Å². The van der Waals surface area contributed by atoms with E-state index in [0.717, 1.165) is 11.9 Å². The van der Waals surface area contributed by atoms with Gasteiger partial charge in [-0.3, -0.25) is 0 Å². The molecule has 0 aliphatic carbocycles. The highest BCUT2D eigenvalue weighted by Crippen LogP contribution is 2.37. The Morgan fingerprint density at radius 2 is 1.13 bits per heavy atom. The molecule has 0 unspecified atom stereocenters. The minimum absolute atomic E-state index is 0.375. The molecule has 1 saturated heterocycles. The standard InChI is InChI=1S/C35H33BO2/c1-6-13-26-27-15-8-9-16-28(27)29-17-10-11-18-30(29)31(26)22-20-24-21-23-33(32-19-12-7-14-25(24)32)36-37-34(2,3)35(4,5)38-36/h6-19,21-23H,1,20H2,2-5H3/b26-13-,31-22+. The number of allylic oxidation sites excluding steroid dienone is 1. The molecular formula is C35H33BO2. The molecule has 1 fully saturated rings. The Bertz CT molecular complexity index is 1810. The lowest BCUT2D eigenvalue weighted by Gasteiger charge is -2.32. The van der Waals surface area contributed by atoms with Crippen molar-refractivity contribution >= 4 is 57.1 Å². The van der Waals surface area contributed by atoms with Crippen molar-refractivity contribution in [2.24, 2.45) is 0 Å². The van der Waals surface area contributed by atoms with Crippen LogP contribution in [-0.4, -0.2) is 18.3 Å². The van der Waals surface area contributed by atoms with Crippen LogP contribution >= 0.6 is 0 Å². The second-order valence-corrected chi connectivity index (χ2v) is 11.2. The van der Waals surface area contributed by atoms with E-state index in [4.69, 9.17) is 9.31 Å². The van der Waals surface area contributed by atoms with Crippen LogP contribution in [-0.2, 0) is 15.7 Å². The first-order valence-corrected chi connectivity index (χ1v) is 13.4. The predicted molar refractivity (Wildman–Crippen MR) is 163 cm³/mol. The summed E-state index contributed by atoms with van der Waals surface area (Å²) in [7, 11) is -0.388. The zero-order valence-corrected chi connectivity index (χ0v) is 22.6. The summed E-state index contributed by atoms with van der Waals surface area (Å²) in [6.07, 6.45) is 7.22. The second-order valence-electron chi connectivity index (χ2n) is 11.2. The average molecular weight is 496 g/mol. The lowest BCUT2D eigenvalue weighted by molar-refractivity contribution is 0.00578. The van der Waals surface area contributed by atoms with Crippen molar-refractivity contribution < 1.29 is 9.31 Å². The molecule has 0 spiro atoms. The summed E-state index contributed by atoms with van der Waals surface area (Å²) in [5.74, 6) is 0. The van der Waals surface area contributed by atoms with Gasteiger partial charge in [-0.15, -0.1) is 0 Å². The number of benzene rings is 5. The van der Waals surface area contributed by atoms with E-state index in [1.54, 1.807) is 0 Å². The zero-order valence-electron chi connectivity index (χ0n) is 22.6. The van der Waals surface area contributed by atoms with Gasteiger partial charge in [-0.05, 0) is 87.9 Å². The van der Waals surface area contributed by atoms with Crippen LogP contribution < -0.4 is 15.9 Å². The highest BCUT2D eigenvalue weighted by atomic mass is 16.7. The Morgan fingerprint density at radius 1 is 0.632 bits per heavy atom. The molecule has 5 aromatic carbocycles. The molecular weight excluding hydrogens is 463 g/mol. The van der Waals surface area contributed by atoms with Crippen LogP contribution in [0.2, 0.25) is 0 Å². The van der Waals surface area contributed by atoms with Gasteiger partial charge >= 0.3 is 7.12 Å². The van der Waals surface area contributed by atoms with Gasteiger partial charge in [0.15, 0.2) is 0 Å². The molecule has 0 bridgehead atoms. The van der Waals surface area contributed by atoms with Crippen molar-refractivity contribution in [3.05, 3.63) is 114 Å². The van der Waals surface area contributed by atoms with Gasteiger partial charge in [0.25, 0.3) is 0 Å². The largest absolute Gasteiger partial charge is 0.495 e. The molecule has 0 aromatic heterocycles. The molecule has 1 heterocycles. The van der Waals surface area contributed by atoms with Crippen molar-refractivity contribution in [1.29, 1.82) is 0 Å². The summed E-state index contributed by atoms with van der Waals surface area (Å²) in [5.41, 5.74) is 1.61. The molecule has 38 heavy (non-hydrogen) atoms. The number of rotatable bonds is 4. The summed E-state index contributed by atoms with van der Waals surface area (Å²) < 4.78 is 12.8. The predicted octanol–water partition coefficient (Wildman–Crippen LogP) is 6.44. The van der Waals surface area contributed by atoms with Crippen LogP contribution in [0.3, 0.4) is 0 Å². The first-order chi connectivity index (χ1) is 18.3. The van der Waals surface area contributed by atoms with Crippen LogP contribution in [0.1, 0.15) is 33.3 Å². The number of fused-ring (bicyclic) bond motifs is 4. The van der Waals surface area contributed by atoms with Crippen molar-refractivity contribution in [2.45, 2.75) is 45.3 Å². The topological polar surface area (TPSA) is 18.5 Å². The fourth-order valence-electron chi connectivity index (χ4n) is 5.66. The molecule has 1 aliphatic rings. The summed E-state index contributed by atoms with van der Waals surface area (Å²) >= 11 is 0. The second kappa shape index (κ2) is 9.27. The van der Waals surface area contributed by atoms with Gasteiger partial charge in [-0.2, -0.15) is 0 Å². The van der Waals surface area contributed by atoms with Crippen LogP contribution in [0.15, 0.2) is 97.6 Å². The molecule has 0 amide bonds. The third kappa shape index (κ3) is 3.98. The van der Waals surface area contributed by atoms with E-state index in [1.165, 1.54) is 48.3 Å². The van der Waals surface area contributed by atoms with Crippen molar-refractivity contribution in [1.82, 2.24) is 0 Å². The maximum Gasteiger partial charge on any atom is 0.495 e. The molecule has 6 rings (SSSR count). The van der Waals surface area contributed by atoms with Gasteiger partial charge in [0.1, 0.15) is 0 Å². The lowest BCUT2D eigenvalue weighted by atomic mass is 9.75. The van der Waals surface area contributed by atoms with Crippen LogP contribution in [0.5, 0.6) is 0 Å². The lowest BCUT2D eigenvalue weighted by Crippen LogP contribution is -2.41. The van der Waals surface area contributed by atoms with Crippen molar-refractivity contribution in [3.8, 4) is 0 Å². The third-order valence-electron chi connectivity index (χ3n) is 8.38. The van der Waals surface area contributed by atoms with Crippen LogP contribution in [0.25, 0.3) is 44.5 Å². The van der Waals surface area contributed by atoms with Crippen LogP contribution in [0.4, 0.5) is 0 Å². The number of hydrogen-bond acceptors (Lipinski definition) is 2. The maximum absolute atomic E-state index is 6.42. The van der Waals surface area contributed by atoms with E-state index in [-0.39, 0.29) is 18.3 Å². The van der Waals surface area contributed by atoms with Gasteiger partial charge in [0, 0.05) is 0 Å². The van der Waals surface area contributed by atoms with Gasteiger partial charge in [-0.25, -0.2) is 0 Å². The molecule has 0 saturated carbocycles. The molecule has 5 aromatic rings. The highest BCUT2D eigenvalue weighted by Gasteiger charge is 2.52. The van der Waals surface area contributed by atoms with Crippen LogP contribution in [0, 0.1) is 0 Å². The molecule has 0 radical (unpaired) electrons. The van der Waals surface area contributed by atoms with E-state index in [2.05, 4.69) is 131 Å². The summed E-state index contributed by atoms with van der Waals surface area (Å²) in [5, 5.41) is 9.93. The van der Waals surface area contributed by atoms with E-state index >= 15 is 0 Å². The summed E-state index contributed by atoms with van der Waals surface area (Å²) in [4.78, 5) is 0. The quantitative estimate of drug-likeness (QED) is 0.211. The van der Waals surface area contributed by atoms with E-state index in [0.29, 0.717) is 0 Å². The molecule has 0 atom stereocenters. The fourth-order valence-corrected chi connectivity index (χ4v) is 5.66. The van der Waals surface area contributed by atoms with Gasteiger partial charge in [0.2, 0.25) is 0 Å². The molecule has 1 aliphatic heterocycles.